The molecule has 1 saturated heterocycles. The Balaban J connectivity index is 1.69. The number of amides is 2. The van der Waals surface area contributed by atoms with Crippen molar-refractivity contribution in [2.75, 3.05) is 26.7 Å². The fraction of sp³-hybridized carbons (Fsp3) is 0.818. The predicted molar refractivity (Wildman–Crippen MR) is 57.7 cm³/mol. The summed E-state index contributed by atoms with van der Waals surface area (Å²) in [5, 5.41) is 2.89. The lowest BCUT2D eigenvalue weighted by Gasteiger charge is -2.31. The second-order valence-corrected chi connectivity index (χ2v) is 4.58. The van der Waals surface area contributed by atoms with Crippen LogP contribution in [0.5, 0.6) is 0 Å². The van der Waals surface area contributed by atoms with Crippen molar-refractivity contribution < 1.29 is 14.3 Å². The van der Waals surface area contributed by atoms with Crippen molar-refractivity contribution in [3.63, 3.8) is 0 Å². The predicted octanol–water partition coefficient (Wildman–Crippen LogP) is -0.240. The quantitative estimate of drug-likeness (QED) is 0.722. The van der Waals surface area contributed by atoms with Gasteiger partial charge >= 0.3 is 0 Å². The SMILES string of the molecule is CN1CC(CNC(=O)C2CCC2)OCC1=O. The van der Waals surface area contributed by atoms with Gasteiger partial charge in [0.25, 0.3) is 0 Å². The van der Waals surface area contributed by atoms with E-state index in [-0.39, 0.29) is 30.4 Å². The van der Waals surface area contributed by atoms with Gasteiger partial charge in [0.15, 0.2) is 0 Å². The summed E-state index contributed by atoms with van der Waals surface area (Å²) in [6, 6.07) is 0. The molecule has 16 heavy (non-hydrogen) atoms. The van der Waals surface area contributed by atoms with E-state index in [1.165, 1.54) is 0 Å². The van der Waals surface area contributed by atoms with Crippen molar-refractivity contribution in [1.82, 2.24) is 10.2 Å². The van der Waals surface area contributed by atoms with E-state index in [0.29, 0.717) is 13.1 Å². The molecule has 0 bridgehead atoms. The van der Waals surface area contributed by atoms with Gasteiger partial charge < -0.3 is 15.0 Å². The molecule has 90 valence electrons. The van der Waals surface area contributed by atoms with Gasteiger partial charge in [0, 0.05) is 26.1 Å². The molecular weight excluding hydrogens is 208 g/mol. The van der Waals surface area contributed by atoms with Crippen molar-refractivity contribution in [2.45, 2.75) is 25.4 Å². The minimum absolute atomic E-state index is 0.00145. The molecule has 2 amide bonds. The van der Waals surface area contributed by atoms with Gasteiger partial charge in [0.2, 0.25) is 11.8 Å². The summed E-state index contributed by atoms with van der Waals surface area (Å²) in [4.78, 5) is 24.4. The summed E-state index contributed by atoms with van der Waals surface area (Å²) in [5.41, 5.74) is 0. The number of hydrogen-bond acceptors (Lipinski definition) is 3. The van der Waals surface area contributed by atoms with E-state index in [0.717, 1.165) is 19.3 Å². The first kappa shape index (κ1) is 11.4. The summed E-state index contributed by atoms with van der Waals surface area (Å²) in [5.74, 6) is 0.346. The van der Waals surface area contributed by atoms with Gasteiger partial charge in [0.1, 0.15) is 6.61 Å². The minimum Gasteiger partial charge on any atom is -0.365 e. The normalized spacial score (nSPS) is 26.4. The Morgan fingerprint density at radius 2 is 2.31 bits per heavy atom. The number of rotatable bonds is 3. The Kier molecular flexibility index (Phi) is 3.43. The maximum atomic E-state index is 11.6. The van der Waals surface area contributed by atoms with Crippen molar-refractivity contribution in [3.8, 4) is 0 Å². The topological polar surface area (TPSA) is 58.6 Å². The monoisotopic (exact) mass is 226 g/mol. The molecule has 1 aliphatic heterocycles. The number of ether oxygens (including phenoxy) is 1. The van der Waals surface area contributed by atoms with Crippen LogP contribution in [0.1, 0.15) is 19.3 Å². The fourth-order valence-electron chi connectivity index (χ4n) is 1.91. The van der Waals surface area contributed by atoms with Gasteiger partial charge in [-0.15, -0.1) is 0 Å². The molecule has 2 fully saturated rings. The summed E-state index contributed by atoms with van der Waals surface area (Å²) < 4.78 is 5.34. The summed E-state index contributed by atoms with van der Waals surface area (Å²) in [6.07, 6.45) is 3.12. The van der Waals surface area contributed by atoms with E-state index >= 15 is 0 Å². The van der Waals surface area contributed by atoms with Crippen LogP contribution in [0.25, 0.3) is 0 Å². The Morgan fingerprint density at radius 1 is 1.56 bits per heavy atom. The number of likely N-dealkylation sites (N-methyl/N-ethyl adjacent to an activating group) is 1. The van der Waals surface area contributed by atoms with Gasteiger partial charge in [-0.3, -0.25) is 9.59 Å². The van der Waals surface area contributed by atoms with Crippen molar-refractivity contribution in [2.24, 2.45) is 5.92 Å². The maximum absolute atomic E-state index is 11.6. The zero-order valence-electron chi connectivity index (χ0n) is 9.57. The lowest BCUT2D eigenvalue weighted by atomic mass is 9.85. The molecule has 2 rings (SSSR count). The first-order chi connectivity index (χ1) is 7.66. The molecule has 2 aliphatic rings. The summed E-state index contributed by atoms with van der Waals surface area (Å²) in [6.45, 7) is 1.19. The van der Waals surface area contributed by atoms with Crippen LogP contribution in [-0.2, 0) is 14.3 Å². The molecule has 1 unspecified atom stereocenters. The smallest absolute Gasteiger partial charge is 0.248 e. The van der Waals surface area contributed by atoms with Gasteiger partial charge in [-0.2, -0.15) is 0 Å². The van der Waals surface area contributed by atoms with Crippen LogP contribution >= 0.6 is 0 Å². The maximum Gasteiger partial charge on any atom is 0.248 e. The Morgan fingerprint density at radius 3 is 2.88 bits per heavy atom. The third kappa shape index (κ3) is 2.52. The largest absolute Gasteiger partial charge is 0.365 e. The average Bonchev–Trinajstić information content (AvgIpc) is 2.17. The lowest BCUT2D eigenvalue weighted by molar-refractivity contribution is -0.146. The molecule has 0 aromatic heterocycles. The number of nitrogens with one attached hydrogen (secondary N) is 1. The van der Waals surface area contributed by atoms with Gasteiger partial charge in [-0.25, -0.2) is 0 Å². The van der Waals surface area contributed by atoms with E-state index < -0.39 is 0 Å². The third-order valence-electron chi connectivity index (χ3n) is 3.33. The highest BCUT2D eigenvalue weighted by Gasteiger charge is 2.27. The third-order valence-corrected chi connectivity index (χ3v) is 3.33. The lowest BCUT2D eigenvalue weighted by Crippen LogP contribution is -2.49. The van der Waals surface area contributed by atoms with Crippen LogP contribution in [0.4, 0.5) is 0 Å². The molecule has 1 saturated carbocycles. The van der Waals surface area contributed by atoms with Crippen LogP contribution in [-0.4, -0.2) is 49.6 Å². The van der Waals surface area contributed by atoms with Crippen molar-refractivity contribution >= 4 is 11.8 Å². The first-order valence-corrected chi connectivity index (χ1v) is 5.80. The number of carbonyl (C=O) groups is 2. The number of morpholine rings is 1. The van der Waals surface area contributed by atoms with Crippen molar-refractivity contribution in [3.05, 3.63) is 0 Å². The Bertz CT molecular complexity index is 289. The molecule has 0 aromatic rings. The zero-order valence-corrected chi connectivity index (χ0v) is 9.57. The molecule has 1 N–H and O–H groups in total. The number of nitrogens with zero attached hydrogens (tertiary/aromatic N) is 1. The second kappa shape index (κ2) is 4.82. The molecular formula is C11H18N2O3. The molecule has 1 heterocycles. The highest BCUT2D eigenvalue weighted by Crippen LogP contribution is 2.26. The number of carbonyl (C=O) groups excluding carboxylic acids is 2. The molecule has 1 aliphatic carbocycles. The van der Waals surface area contributed by atoms with Crippen LogP contribution in [0.2, 0.25) is 0 Å². The van der Waals surface area contributed by atoms with Crippen LogP contribution in [0, 0.1) is 5.92 Å². The summed E-state index contributed by atoms with van der Waals surface area (Å²) in [7, 11) is 1.76. The molecule has 5 heteroatoms. The fourth-order valence-corrected chi connectivity index (χ4v) is 1.91. The molecule has 5 nitrogen and oxygen atoms in total. The van der Waals surface area contributed by atoms with E-state index in [1.54, 1.807) is 11.9 Å². The van der Waals surface area contributed by atoms with E-state index in [9.17, 15) is 9.59 Å². The standard InChI is InChI=1S/C11H18N2O3/c1-13-6-9(16-7-10(13)14)5-12-11(15)8-3-2-4-8/h8-9H,2-7H2,1H3,(H,12,15). The molecule has 0 aromatic carbocycles. The van der Waals surface area contributed by atoms with Gasteiger partial charge in [0.05, 0.1) is 6.10 Å². The minimum atomic E-state index is -0.0632. The Hall–Kier alpha value is -1.10. The number of hydrogen-bond donors (Lipinski definition) is 1. The van der Waals surface area contributed by atoms with Crippen LogP contribution in [0.15, 0.2) is 0 Å². The van der Waals surface area contributed by atoms with E-state index in [2.05, 4.69) is 5.32 Å². The molecule has 0 spiro atoms. The second-order valence-electron chi connectivity index (χ2n) is 4.58. The van der Waals surface area contributed by atoms with Gasteiger partial charge in [-0.05, 0) is 12.8 Å². The highest BCUT2D eigenvalue weighted by molar-refractivity contribution is 5.79. The zero-order chi connectivity index (χ0) is 11.5. The van der Waals surface area contributed by atoms with Crippen LogP contribution < -0.4 is 5.32 Å². The van der Waals surface area contributed by atoms with E-state index in [4.69, 9.17) is 4.74 Å². The molecule has 0 radical (unpaired) electrons. The summed E-state index contributed by atoms with van der Waals surface area (Å²) >= 11 is 0. The van der Waals surface area contributed by atoms with Crippen LogP contribution in [0.3, 0.4) is 0 Å². The molecule has 1 atom stereocenters. The van der Waals surface area contributed by atoms with Crippen molar-refractivity contribution in [1.29, 1.82) is 0 Å². The first-order valence-electron chi connectivity index (χ1n) is 5.80. The Labute approximate surface area is 95.1 Å². The van der Waals surface area contributed by atoms with E-state index in [1.807, 2.05) is 0 Å². The van der Waals surface area contributed by atoms with Gasteiger partial charge in [-0.1, -0.05) is 6.42 Å². The highest BCUT2D eigenvalue weighted by atomic mass is 16.5. The average molecular weight is 226 g/mol.